The van der Waals surface area contributed by atoms with Crippen molar-refractivity contribution in [2.75, 3.05) is 0 Å². The summed E-state index contributed by atoms with van der Waals surface area (Å²) in [6, 6.07) is 5.96. The van der Waals surface area contributed by atoms with Crippen molar-refractivity contribution in [1.29, 1.82) is 0 Å². The van der Waals surface area contributed by atoms with Crippen LogP contribution in [0.25, 0.3) is 0 Å². The summed E-state index contributed by atoms with van der Waals surface area (Å²) in [6.45, 7) is 7.38. The van der Waals surface area contributed by atoms with E-state index in [1.165, 1.54) is 0 Å². The molecule has 0 aliphatic rings. The second kappa shape index (κ2) is 9.05. The van der Waals surface area contributed by atoms with E-state index >= 15 is 0 Å². The highest BCUT2D eigenvalue weighted by Crippen LogP contribution is 2.10. The maximum absolute atomic E-state index is 12.4. The summed E-state index contributed by atoms with van der Waals surface area (Å²) >= 11 is 0. The molecule has 0 heterocycles. The number of benzene rings is 1. The van der Waals surface area contributed by atoms with Gasteiger partial charge in [-0.1, -0.05) is 32.0 Å². The van der Waals surface area contributed by atoms with Crippen molar-refractivity contribution < 1.29 is 19.5 Å². The number of aryl methyl sites for hydroxylation is 1. The Hall–Kier alpha value is -2.37. The maximum Gasteiger partial charge on any atom is 0.305 e. The molecule has 24 heavy (non-hydrogen) atoms. The van der Waals surface area contributed by atoms with E-state index in [9.17, 15) is 14.4 Å². The Morgan fingerprint density at radius 2 is 1.71 bits per heavy atom. The Labute approximate surface area is 142 Å². The minimum atomic E-state index is -0.979. The van der Waals surface area contributed by atoms with Gasteiger partial charge in [0.05, 0.1) is 6.42 Å². The van der Waals surface area contributed by atoms with Crippen molar-refractivity contribution in [2.24, 2.45) is 5.92 Å². The molecule has 0 aromatic heterocycles. The van der Waals surface area contributed by atoms with E-state index in [-0.39, 0.29) is 24.2 Å². The van der Waals surface area contributed by atoms with Crippen LogP contribution in [0, 0.1) is 12.8 Å². The molecule has 0 unspecified atom stereocenters. The summed E-state index contributed by atoms with van der Waals surface area (Å²) in [7, 11) is 0. The largest absolute Gasteiger partial charge is 0.481 e. The van der Waals surface area contributed by atoms with Gasteiger partial charge in [0.2, 0.25) is 5.91 Å². The highest BCUT2D eigenvalue weighted by molar-refractivity contribution is 5.98. The third-order valence-electron chi connectivity index (χ3n) is 3.59. The lowest BCUT2D eigenvalue weighted by molar-refractivity contribution is -0.137. The minimum absolute atomic E-state index is 0.161. The van der Waals surface area contributed by atoms with E-state index in [2.05, 4.69) is 10.6 Å². The number of carbonyl (C=O) groups is 3. The Balaban J connectivity index is 2.81. The molecule has 6 heteroatoms. The topological polar surface area (TPSA) is 95.5 Å². The summed E-state index contributed by atoms with van der Waals surface area (Å²) in [4.78, 5) is 35.6. The number of carboxylic acid groups (broad SMARTS) is 1. The molecule has 0 saturated heterocycles. The summed E-state index contributed by atoms with van der Waals surface area (Å²) in [5, 5.41) is 14.2. The highest BCUT2D eigenvalue weighted by atomic mass is 16.4. The van der Waals surface area contributed by atoms with Gasteiger partial charge in [0, 0.05) is 11.6 Å². The van der Waals surface area contributed by atoms with Gasteiger partial charge < -0.3 is 15.7 Å². The molecule has 0 aliphatic heterocycles. The lowest BCUT2D eigenvalue weighted by Gasteiger charge is -2.22. The van der Waals surface area contributed by atoms with Crippen LogP contribution >= 0.6 is 0 Å². The molecule has 0 saturated carbocycles. The van der Waals surface area contributed by atoms with Crippen LogP contribution in [0.3, 0.4) is 0 Å². The number of carboxylic acids is 1. The highest BCUT2D eigenvalue weighted by Gasteiger charge is 2.24. The van der Waals surface area contributed by atoms with Gasteiger partial charge in [-0.3, -0.25) is 14.4 Å². The molecule has 132 valence electrons. The van der Waals surface area contributed by atoms with Crippen LogP contribution in [0.5, 0.6) is 0 Å². The van der Waals surface area contributed by atoms with Gasteiger partial charge >= 0.3 is 5.97 Å². The number of nitrogens with one attached hydrogen (secondary N) is 2. The van der Waals surface area contributed by atoms with E-state index in [0.717, 1.165) is 5.56 Å². The van der Waals surface area contributed by atoms with Crippen LogP contribution in [0.2, 0.25) is 0 Å². The molecule has 1 aromatic rings. The van der Waals surface area contributed by atoms with Crippen LogP contribution in [-0.2, 0) is 9.59 Å². The molecule has 6 nitrogen and oxygen atoms in total. The van der Waals surface area contributed by atoms with E-state index in [0.29, 0.717) is 12.0 Å². The van der Waals surface area contributed by atoms with E-state index < -0.39 is 18.1 Å². The molecule has 2 amide bonds. The minimum Gasteiger partial charge on any atom is -0.481 e. The summed E-state index contributed by atoms with van der Waals surface area (Å²) < 4.78 is 0. The van der Waals surface area contributed by atoms with Gasteiger partial charge in [-0.15, -0.1) is 0 Å². The second-order valence-electron chi connectivity index (χ2n) is 6.48. The fraction of sp³-hybridized carbons (Fsp3) is 0.500. The molecule has 0 aliphatic carbocycles. The fourth-order valence-electron chi connectivity index (χ4n) is 2.42. The third-order valence-corrected chi connectivity index (χ3v) is 3.59. The number of hydrogen-bond acceptors (Lipinski definition) is 3. The Morgan fingerprint density at radius 3 is 2.25 bits per heavy atom. The standard InChI is InChI=1S/C18H26N2O4/c1-11(2)9-15(18(24)19-13(4)10-16(21)22)20-17(23)14-8-6-5-7-12(14)3/h5-8,11,13,15H,9-10H2,1-4H3,(H,19,24)(H,20,23)(H,21,22)/t13-,15-/m0/s1. The zero-order chi connectivity index (χ0) is 18.3. The molecular weight excluding hydrogens is 308 g/mol. The molecule has 1 aromatic carbocycles. The van der Waals surface area contributed by atoms with Gasteiger partial charge in [-0.2, -0.15) is 0 Å². The van der Waals surface area contributed by atoms with Crippen molar-refractivity contribution in [3.63, 3.8) is 0 Å². The van der Waals surface area contributed by atoms with Crippen molar-refractivity contribution in [1.82, 2.24) is 10.6 Å². The fourth-order valence-corrected chi connectivity index (χ4v) is 2.42. The first kappa shape index (κ1) is 19.7. The molecule has 0 fully saturated rings. The van der Waals surface area contributed by atoms with Crippen LogP contribution in [0.4, 0.5) is 0 Å². The number of aliphatic carboxylic acids is 1. The van der Waals surface area contributed by atoms with Crippen molar-refractivity contribution in [3.05, 3.63) is 35.4 Å². The molecule has 0 spiro atoms. The Morgan fingerprint density at radius 1 is 1.08 bits per heavy atom. The summed E-state index contributed by atoms with van der Waals surface area (Å²) in [6.07, 6.45) is 0.315. The van der Waals surface area contributed by atoms with Crippen LogP contribution in [-0.4, -0.2) is 35.0 Å². The van der Waals surface area contributed by atoms with Crippen LogP contribution < -0.4 is 10.6 Å². The van der Waals surface area contributed by atoms with E-state index in [4.69, 9.17) is 5.11 Å². The van der Waals surface area contributed by atoms with Crippen LogP contribution in [0.1, 0.15) is 49.5 Å². The molecule has 3 N–H and O–H groups in total. The molecule has 2 atom stereocenters. The van der Waals surface area contributed by atoms with Crippen molar-refractivity contribution in [3.8, 4) is 0 Å². The van der Waals surface area contributed by atoms with Crippen molar-refractivity contribution >= 4 is 17.8 Å². The predicted molar refractivity (Wildman–Crippen MR) is 91.7 cm³/mol. The Kier molecular flexibility index (Phi) is 7.42. The lowest BCUT2D eigenvalue weighted by Crippen LogP contribution is -2.50. The molecular formula is C18H26N2O4. The number of rotatable bonds is 8. The third kappa shape index (κ3) is 6.40. The first-order valence-corrected chi connectivity index (χ1v) is 8.09. The number of amides is 2. The monoisotopic (exact) mass is 334 g/mol. The lowest BCUT2D eigenvalue weighted by atomic mass is 10.0. The van der Waals surface area contributed by atoms with Gasteiger partial charge in [0.1, 0.15) is 6.04 Å². The second-order valence-corrected chi connectivity index (χ2v) is 6.48. The average Bonchev–Trinajstić information content (AvgIpc) is 2.45. The van der Waals surface area contributed by atoms with Gasteiger partial charge in [-0.25, -0.2) is 0 Å². The smallest absolute Gasteiger partial charge is 0.305 e. The van der Waals surface area contributed by atoms with Crippen LogP contribution in [0.15, 0.2) is 24.3 Å². The first-order valence-electron chi connectivity index (χ1n) is 8.09. The van der Waals surface area contributed by atoms with Gasteiger partial charge in [0.25, 0.3) is 5.91 Å². The summed E-state index contributed by atoms with van der Waals surface area (Å²) in [5.74, 6) is -1.45. The first-order chi connectivity index (χ1) is 11.2. The Bertz CT molecular complexity index is 598. The quantitative estimate of drug-likeness (QED) is 0.678. The normalized spacial score (nSPS) is 13.2. The predicted octanol–water partition coefficient (Wildman–Crippen LogP) is 2.12. The maximum atomic E-state index is 12.4. The molecule has 0 radical (unpaired) electrons. The average molecular weight is 334 g/mol. The number of hydrogen-bond donors (Lipinski definition) is 3. The van der Waals surface area contributed by atoms with E-state index in [1.807, 2.05) is 32.9 Å². The SMILES string of the molecule is Cc1ccccc1C(=O)N[C@@H](CC(C)C)C(=O)N[C@@H](C)CC(=O)O. The zero-order valence-corrected chi connectivity index (χ0v) is 14.6. The number of carbonyl (C=O) groups excluding carboxylic acids is 2. The summed E-state index contributed by atoms with van der Waals surface area (Å²) in [5.41, 5.74) is 1.36. The molecule has 0 bridgehead atoms. The molecule has 1 rings (SSSR count). The van der Waals surface area contributed by atoms with Gasteiger partial charge in [-0.05, 0) is 37.8 Å². The van der Waals surface area contributed by atoms with E-state index in [1.54, 1.807) is 19.1 Å². The van der Waals surface area contributed by atoms with Gasteiger partial charge in [0.15, 0.2) is 0 Å². The zero-order valence-electron chi connectivity index (χ0n) is 14.6. The van der Waals surface area contributed by atoms with Crippen molar-refractivity contribution in [2.45, 2.75) is 52.6 Å².